The van der Waals surface area contributed by atoms with Crippen molar-refractivity contribution < 1.29 is 38.4 Å². The number of methoxy groups -OCH3 is 2. The van der Waals surface area contributed by atoms with Gasteiger partial charge in [-0.1, -0.05) is 24.3 Å². The van der Waals surface area contributed by atoms with Crippen molar-refractivity contribution in [3.8, 4) is 11.5 Å². The Morgan fingerprint density at radius 1 is 0.800 bits per heavy atom. The van der Waals surface area contributed by atoms with Crippen LogP contribution in [0, 0.1) is 0 Å². The molecule has 0 aliphatic heterocycles. The number of ether oxygens (including phenoxy) is 4. The zero-order valence-corrected chi connectivity index (χ0v) is 19.2. The smallest absolute Gasteiger partial charge is 0.343 e. The van der Waals surface area contributed by atoms with Gasteiger partial charge in [0, 0.05) is 6.08 Å². The first-order chi connectivity index (χ1) is 16.8. The van der Waals surface area contributed by atoms with Gasteiger partial charge in [-0.15, -0.1) is 0 Å². The van der Waals surface area contributed by atoms with Crippen molar-refractivity contribution in [2.24, 2.45) is 11.5 Å². The Morgan fingerprint density at radius 2 is 1.26 bits per heavy atom. The molecular formula is C25H26N2O8. The van der Waals surface area contributed by atoms with E-state index >= 15 is 0 Å². The molecule has 0 saturated carbocycles. The average molecular weight is 482 g/mol. The fourth-order valence-corrected chi connectivity index (χ4v) is 2.87. The van der Waals surface area contributed by atoms with Gasteiger partial charge in [-0.3, -0.25) is 16.3 Å². The Bertz CT molecular complexity index is 1170. The van der Waals surface area contributed by atoms with Gasteiger partial charge in [0.15, 0.2) is 5.78 Å². The van der Waals surface area contributed by atoms with Crippen LogP contribution >= 0.6 is 0 Å². The van der Waals surface area contributed by atoms with Crippen LogP contribution in [-0.2, 0) is 14.3 Å². The van der Waals surface area contributed by atoms with Crippen molar-refractivity contribution in [3.05, 3.63) is 82.6 Å². The zero-order valence-electron chi connectivity index (χ0n) is 19.2. The lowest BCUT2D eigenvalue weighted by atomic mass is 10.1. The average Bonchev–Trinajstić information content (AvgIpc) is 2.86. The third-order valence-electron chi connectivity index (χ3n) is 4.50. The number of aliphatic hydroxyl groups is 1. The summed E-state index contributed by atoms with van der Waals surface area (Å²) in [5.74, 6) is -1.48. The summed E-state index contributed by atoms with van der Waals surface area (Å²) >= 11 is 0. The first-order valence-corrected chi connectivity index (χ1v) is 10.2. The molecule has 0 aliphatic carbocycles. The number of hydrogen-bond acceptors (Lipinski definition) is 10. The number of rotatable bonds is 11. The molecule has 0 unspecified atom stereocenters. The maximum absolute atomic E-state index is 12.2. The summed E-state index contributed by atoms with van der Waals surface area (Å²) in [5.41, 5.74) is 12.0. The van der Waals surface area contributed by atoms with E-state index in [-0.39, 0.29) is 41.8 Å². The summed E-state index contributed by atoms with van der Waals surface area (Å²) in [6.45, 7) is -0.516. The lowest BCUT2D eigenvalue weighted by molar-refractivity contribution is -0.110. The minimum Gasteiger partial charge on any atom is -0.508 e. The molecule has 2 aromatic carbocycles. The predicted octanol–water partition coefficient (Wildman–Crippen LogP) is 2.59. The van der Waals surface area contributed by atoms with Crippen LogP contribution in [0.4, 0.5) is 0 Å². The second-order valence-corrected chi connectivity index (χ2v) is 6.75. The molecule has 5 N–H and O–H groups in total. The Hall–Kier alpha value is -4.41. The number of hydrogen-bond donors (Lipinski definition) is 3. The molecule has 0 bridgehead atoms. The Balaban J connectivity index is 2.10. The van der Waals surface area contributed by atoms with Crippen molar-refractivity contribution in [1.29, 1.82) is 0 Å². The Morgan fingerprint density at radius 3 is 1.69 bits per heavy atom. The van der Waals surface area contributed by atoms with Crippen LogP contribution in [-0.4, -0.2) is 50.5 Å². The lowest BCUT2D eigenvalue weighted by Crippen LogP contribution is -2.13. The number of allylic oxidation sites excluding steroid dienone is 3. The topological polar surface area (TPSA) is 160 Å². The highest BCUT2D eigenvalue weighted by Gasteiger charge is 2.14. The highest BCUT2D eigenvalue weighted by atomic mass is 16.5. The van der Waals surface area contributed by atoms with Crippen LogP contribution in [0.1, 0.15) is 31.8 Å². The van der Waals surface area contributed by atoms with Crippen molar-refractivity contribution in [1.82, 2.24) is 0 Å². The van der Waals surface area contributed by atoms with Gasteiger partial charge in [0.25, 0.3) is 0 Å². The van der Waals surface area contributed by atoms with E-state index in [9.17, 15) is 19.5 Å². The number of aliphatic hydroxyl groups excluding tert-OH is 1. The van der Waals surface area contributed by atoms with Crippen molar-refractivity contribution in [2.45, 2.75) is 0 Å². The van der Waals surface area contributed by atoms with Gasteiger partial charge in [0.1, 0.15) is 41.8 Å². The lowest BCUT2D eigenvalue weighted by Gasteiger charge is -2.08. The molecule has 0 heterocycles. The van der Waals surface area contributed by atoms with Crippen molar-refractivity contribution in [2.75, 3.05) is 27.7 Å². The molecule has 184 valence electrons. The maximum Gasteiger partial charge on any atom is 0.343 e. The normalized spacial score (nSPS) is 11.5. The molecule has 0 atom stereocenters. The van der Waals surface area contributed by atoms with Gasteiger partial charge in [-0.25, -0.2) is 9.59 Å². The van der Waals surface area contributed by atoms with Crippen LogP contribution in [0.15, 0.2) is 60.4 Å². The summed E-state index contributed by atoms with van der Waals surface area (Å²) in [7, 11) is 2.80. The molecule has 35 heavy (non-hydrogen) atoms. The fourth-order valence-electron chi connectivity index (χ4n) is 2.87. The molecule has 0 spiro atoms. The summed E-state index contributed by atoms with van der Waals surface area (Å²) < 4.78 is 19.9. The maximum atomic E-state index is 12.2. The second kappa shape index (κ2) is 13.3. The minimum absolute atomic E-state index is 0.199. The molecule has 0 aromatic heterocycles. The molecule has 10 nitrogen and oxygen atoms in total. The van der Waals surface area contributed by atoms with Crippen LogP contribution in [0.3, 0.4) is 0 Å². The number of carbonyl (C=O) groups excluding carboxylic acids is 3. The van der Waals surface area contributed by atoms with Gasteiger partial charge in [0.05, 0.1) is 14.2 Å². The Kier molecular flexibility index (Phi) is 10.2. The first-order valence-electron chi connectivity index (χ1n) is 10.2. The first kappa shape index (κ1) is 26.8. The second-order valence-electron chi connectivity index (χ2n) is 6.75. The van der Waals surface area contributed by atoms with Crippen LogP contribution < -0.4 is 20.9 Å². The third kappa shape index (κ3) is 7.84. The third-order valence-corrected chi connectivity index (χ3v) is 4.50. The summed E-state index contributed by atoms with van der Waals surface area (Å²) in [5, 5.41) is 10.1. The molecule has 2 rings (SSSR count). The number of nitrogens with two attached hydrogens (primary N) is 2. The van der Waals surface area contributed by atoms with E-state index in [0.29, 0.717) is 11.1 Å². The van der Waals surface area contributed by atoms with E-state index in [1.165, 1.54) is 50.7 Å². The van der Waals surface area contributed by atoms with E-state index < -0.39 is 17.7 Å². The molecule has 2 aromatic rings. The summed E-state index contributed by atoms with van der Waals surface area (Å²) in [6, 6.07) is 9.33. The van der Waals surface area contributed by atoms with E-state index in [1.807, 2.05) is 0 Å². The monoisotopic (exact) mass is 482 g/mol. The van der Waals surface area contributed by atoms with Gasteiger partial charge in [-0.05, 0) is 47.5 Å². The fraction of sp³-hybridized carbons (Fsp3) is 0.160. The molecule has 10 heteroatoms. The van der Waals surface area contributed by atoms with Crippen molar-refractivity contribution >= 4 is 29.9 Å². The highest BCUT2D eigenvalue weighted by Crippen LogP contribution is 2.23. The van der Waals surface area contributed by atoms with E-state index in [1.54, 1.807) is 24.3 Å². The van der Waals surface area contributed by atoms with Crippen LogP contribution in [0.25, 0.3) is 12.2 Å². The van der Waals surface area contributed by atoms with Crippen molar-refractivity contribution in [3.63, 3.8) is 0 Å². The molecule has 0 aliphatic rings. The zero-order chi connectivity index (χ0) is 25.8. The molecular weight excluding hydrogens is 456 g/mol. The number of esters is 2. The standard InChI is InChI=1S/C25H26N2O8/c1-32-22-11-16(5-9-20(22)24(30)34-14-26)3-7-18(28)13-19(29)8-4-17-6-10-21(23(12-17)33-2)25(31)35-15-27/h3-13,28H,14-15,26-27H2,1-2H3/b7-3+,8-4+,18-13-. The van der Waals surface area contributed by atoms with Crippen LogP contribution in [0.2, 0.25) is 0 Å². The van der Waals surface area contributed by atoms with Gasteiger partial charge < -0.3 is 24.1 Å². The van der Waals surface area contributed by atoms with Gasteiger partial charge in [-0.2, -0.15) is 0 Å². The quantitative estimate of drug-likeness (QED) is 0.143. The van der Waals surface area contributed by atoms with E-state index in [0.717, 1.165) is 6.08 Å². The summed E-state index contributed by atoms with van der Waals surface area (Å²) in [4.78, 5) is 35.9. The van der Waals surface area contributed by atoms with Crippen LogP contribution in [0.5, 0.6) is 11.5 Å². The molecule has 0 saturated heterocycles. The molecule has 0 radical (unpaired) electrons. The number of benzene rings is 2. The van der Waals surface area contributed by atoms with E-state index in [2.05, 4.69) is 0 Å². The van der Waals surface area contributed by atoms with Gasteiger partial charge >= 0.3 is 11.9 Å². The molecule has 0 amide bonds. The number of ketones is 1. The van der Waals surface area contributed by atoms with Gasteiger partial charge in [0.2, 0.25) is 0 Å². The minimum atomic E-state index is -0.627. The SMILES string of the molecule is COc1cc(/C=C/C(=O)/C=C(O)/C=C/c2ccc(C(=O)OCN)c(OC)c2)ccc1C(=O)OCN. The number of carbonyl (C=O) groups is 3. The largest absolute Gasteiger partial charge is 0.508 e. The highest BCUT2D eigenvalue weighted by molar-refractivity contribution is 6.02. The predicted molar refractivity (Wildman–Crippen MR) is 129 cm³/mol. The molecule has 0 fully saturated rings. The van der Waals surface area contributed by atoms with E-state index in [4.69, 9.17) is 30.4 Å². The summed E-state index contributed by atoms with van der Waals surface area (Å²) in [6.07, 6.45) is 6.63. The Labute approximate surface area is 202 Å².